The van der Waals surface area contributed by atoms with Crippen molar-refractivity contribution in [3.63, 3.8) is 0 Å². The average molecular weight is 617 g/mol. The van der Waals surface area contributed by atoms with Gasteiger partial charge in [-0.15, -0.1) is 0 Å². The van der Waals surface area contributed by atoms with Crippen molar-refractivity contribution >= 4 is 19.6 Å². The molecule has 4 saturated carbocycles. The number of allylic oxidation sites excluding steroid dienone is 4. The van der Waals surface area contributed by atoms with E-state index in [0.717, 1.165) is 57.1 Å². The van der Waals surface area contributed by atoms with Crippen molar-refractivity contribution in [3.05, 3.63) is 36.3 Å². The van der Waals surface area contributed by atoms with Crippen LogP contribution in [-0.4, -0.2) is 13.9 Å². The third kappa shape index (κ3) is 4.11. The molecule has 5 aliphatic carbocycles. The van der Waals surface area contributed by atoms with Crippen molar-refractivity contribution in [1.82, 2.24) is 0 Å². The Kier molecular flexibility index (Phi) is 7.27. The van der Waals surface area contributed by atoms with Gasteiger partial charge < -0.3 is 8.71 Å². The van der Waals surface area contributed by atoms with E-state index >= 15 is 0 Å². The minimum atomic E-state index is -5.72. The van der Waals surface area contributed by atoms with Crippen LogP contribution < -0.4 is 0 Å². The quantitative estimate of drug-likeness (QED) is 0.102. The van der Waals surface area contributed by atoms with Gasteiger partial charge >= 0.3 is 15.6 Å². The minimum Gasteiger partial charge on any atom is -0.485 e. The van der Waals surface area contributed by atoms with E-state index < -0.39 is 21.0 Å². The predicted molar refractivity (Wildman–Crippen MR) is 158 cm³/mol. The van der Waals surface area contributed by atoms with Gasteiger partial charge in [-0.05, 0) is 117 Å². The molecule has 232 valence electrons. The van der Waals surface area contributed by atoms with Crippen LogP contribution in [0.15, 0.2) is 36.3 Å². The van der Waals surface area contributed by atoms with Crippen LogP contribution in [0.3, 0.4) is 0 Å². The first-order chi connectivity index (χ1) is 18.7. The SMILES string of the molecule is C=C(C)[C@@H]1CC[C@]2(C(=C)OP)CC[C@]3(C)[C@H](CC[C@@H]4[C@@]5(C)CC=C(OS(=O)(=O)C(F)(F)F)C(C)(C)[C@@H]5CC[C@]43C)[C@@H]12. The molecular weight excluding hydrogens is 568 g/mol. The summed E-state index contributed by atoms with van der Waals surface area (Å²) in [6.45, 7) is 22.0. The highest BCUT2D eigenvalue weighted by Gasteiger charge is 2.71. The van der Waals surface area contributed by atoms with Crippen molar-refractivity contribution in [2.45, 2.75) is 105 Å². The summed E-state index contributed by atoms with van der Waals surface area (Å²) in [5.74, 6) is 2.59. The fourth-order valence-corrected chi connectivity index (χ4v) is 12.5. The van der Waals surface area contributed by atoms with Crippen LogP contribution >= 0.6 is 9.47 Å². The molecule has 0 radical (unpaired) electrons. The molecule has 0 heterocycles. The van der Waals surface area contributed by atoms with Crippen LogP contribution in [0.25, 0.3) is 0 Å². The molecule has 10 atom stereocenters. The second kappa shape index (κ2) is 9.49. The molecule has 5 aliphatic rings. The van der Waals surface area contributed by atoms with E-state index in [9.17, 15) is 21.6 Å². The predicted octanol–water partition coefficient (Wildman–Crippen LogP) is 9.32. The smallest absolute Gasteiger partial charge is 0.485 e. The molecule has 0 N–H and O–H groups in total. The largest absolute Gasteiger partial charge is 0.534 e. The molecule has 0 aromatic heterocycles. The zero-order valence-corrected chi connectivity index (χ0v) is 27.5. The highest BCUT2D eigenvalue weighted by atomic mass is 32.2. The highest BCUT2D eigenvalue weighted by Crippen LogP contribution is 2.78. The third-order valence-electron chi connectivity index (χ3n) is 13.7. The fraction of sp³-hybridized carbons (Fsp3) is 0.812. The zero-order valence-electron chi connectivity index (χ0n) is 25.5. The van der Waals surface area contributed by atoms with Crippen LogP contribution in [0.5, 0.6) is 0 Å². The summed E-state index contributed by atoms with van der Waals surface area (Å²) in [7, 11) is -3.29. The molecule has 4 nitrogen and oxygen atoms in total. The van der Waals surface area contributed by atoms with Crippen LogP contribution in [0, 0.1) is 56.7 Å². The van der Waals surface area contributed by atoms with Crippen molar-refractivity contribution < 1.29 is 30.3 Å². The summed E-state index contributed by atoms with van der Waals surface area (Å²) in [4.78, 5) is 0. The maximum atomic E-state index is 13.2. The lowest BCUT2D eigenvalue weighted by molar-refractivity contribution is -0.227. The zero-order chi connectivity index (χ0) is 30.6. The minimum absolute atomic E-state index is 0.0132. The number of hydrogen-bond donors (Lipinski definition) is 0. The first-order valence-electron chi connectivity index (χ1n) is 15.2. The monoisotopic (exact) mass is 616 g/mol. The molecule has 0 saturated heterocycles. The second-order valence-corrected chi connectivity index (χ2v) is 17.1. The molecular formula is C32H48F3O4PS. The Morgan fingerprint density at radius 1 is 0.951 bits per heavy atom. The summed E-state index contributed by atoms with van der Waals surface area (Å²) >= 11 is 0. The van der Waals surface area contributed by atoms with Crippen LogP contribution in [0.2, 0.25) is 0 Å². The number of alkyl halides is 3. The van der Waals surface area contributed by atoms with E-state index in [-0.39, 0.29) is 33.3 Å². The van der Waals surface area contributed by atoms with E-state index in [2.05, 4.69) is 50.3 Å². The van der Waals surface area contributed by atoms with E-state index in [1.807, 2.05) is 13.8 Å². The molecule has 0 spiro atoms. The summed E-state index contributed by atoms with van der Waals surface area (Å²) < 4.78 is 74.3. The summed E-state index contributed by atoms with van der Waals surface area (Å²) in [5.41, 5.74) is -5.12. The molecule has 41 heavy (non-hydrogen) atoms. The van der Waals surface area contributed by atoms with Gasteiger partial charge in [-0.2, -0.15) is 21.6 Å². The van der Waals surface area contributed by atoms with Gasteiger partial charge in [0.1, 0.15) is 5.76 Å². The molecule has 0 bridgehead atoms. The van der Waals surface area contributed by atoms with Crippen LogP contribution in [-0.2, 0) is 18.8 Å². The van der Waals surface area contributed by atoms with E-state index in [1.165, 1.54) is 5.57 Å². The van der Waals surface area contributed by atoms with Gasteiger partial charge in [0.2, 0.25) is 0 Å². The van der Waals surface area contributed by atoms with Crippen molar-refractivity contribution in [3.8, 4) is 0 Å². The molecule has 0 amide bonds. The third-order valence-corrected chi connectivity index (χ3v) is 15.0. The standard InChI is InChI=1S/C32H48F3O4PS/c1-19(2)21-11-16-31(20(3)38-40)18-17-29(7)22(26(21)31)9-10-24-28(6)14-13-25(39-41(36,37)32(33,34)35)27(4,5)23(28)12-15-30(24,29)8/h13,21-24,26H,1,3,9-12,14-18,40H2,2,4-8H3/t21-,22+,23-,24+,26+,28-,29+,30+,31+/m0/s1. The van der Waals surface area contributed by atoms with Crippen molar-refractivity contribution in [1.29, 1.82) is 0 Å². The van der Waals surface area contributed by atoms with Crippen LogP contribution in [0.4, 0.5) is 13.2 Å². The highest BCUT2D eigenvalue weighted by molar-refractivity contribution is 7.87. The lowest BCUT2D eigenvalue weighted by Crippen LogP contribution is -2.65. The molecule has 5 rings (SSSR count). The first kappa shape index (κ1) is 31.4. The topological polar surface area (TPSA) is 52.6 Å². The Balaban J connectivity index is 1.52. The van der Waals surface area contributed by atoms with Gasteiger partial charge in [0.25, 0.3) is 0 Å². The van der Waals surface area contributed by atoms with Gasteiger partial charge in [0, 0.05) is 10.8 Å². The Morgan fingerprint density at radius 2 is 1.61 bits per heavy atom. The lowest BCUT2D eigenvalue weighted by Gasteiger charge is -2.72. The number of fused-ring (bicyclic) bond motifs is 7. The molecule has 1 unspecified atom stereocenters. The first-order valence-corrected chi connectivity index (χ1v) is 17.0. The van der Waals surface area contributed by atoms with Crippen LogP contribution in [0.1, 0.15) is 99.3 Å². The Bertz CT molecular complexity index is 1270. The molecule has 4 fully saturated rings. The van der Waals surface area contributed by atoms with Gasteiger partial charge in [0.05, 0.1) is 15.2 Å². The normalized spacial score (nSPS) is 45.3. The van der Waals surface area contributed by atoms with Crippen molar-refractivity contribution in [2.24, 2.45) is 56.7 Å². The van der Waals surface area contributed by atoms with E-state index in [1.54, 1.807) is 6.08 Å². The van der Waals surface area contributed by atoms with E-state index in [0.29, 0.717) is 30.1 Å². The maximum Gasteiger partial charge on any atom is 0.534 e. The van der Waals surface area contributed by atoms with E-state index in [4.69, 9.17) is 8.71 Å². The number of rotatable bonds is 5. The lowest BCUT2D eigenvalue weighted by atomic mass is 9.32. The van der Waals surface area contributed by atoms with Crippen molar-refractivity contribution in [2.75, 3.05) is 0 Å². The average Bonchev–Trinajstić information content (AvgIpc) is 3.26. The maximum absolute atomic E-state index is 13.2. The van der Waals surface area contributed by atoms with Gasteiger partial charge in [0.15, 0.2) is 0 Å². The number of halogens is 3. The summed E-state index contributed by atoms with van der Waals surface area (Å²) in [5, 5.41) is 0. The Hall–Kier alpha value is -1.01. The number of hydrogen-bond acceptors (Lipinski definition) is 4. The summed E-state index contributed by atoms with van der Waals surface area (Å²) in [6, 6.07) is 0. The summed E-state index contributed by atoms with van der Waals surface area (Å²) in [6.07, 6.45) is 10.4. The fourth-order valence-electron chi connectivity index (χ4n) is 11.6. The molecule has 0 aromatic rings. The molecule has 0 aliphatic heterocycles. The molecule has 9 heteroatoms. The Labute approximate surface area is 247 Å². The van der Waals surface area contributed by atoms with Gasteiger partial charge in [-0.1, -0.05) is 53.3 Å². The van der Waals surface area contributed by atoms with Gasteiger partial charge in [-0.3, -0.25) is 0 Å². The molecule has 0 aromatic carbocycles. The van der Waals surface area contributed by atoms with Gasteiger partial charge in [-0.25, -0.2) is 0 Å². The second-order valence-electron chi connectivity index (χ2n) is 15.4. The Morgan fingerprint density at radius 3 is 2.20 bits per heavy atom.